The topological polar surface area (TPSA) is 51.2 Å². The minimum Gasteiger partial charge on any atom is -0.497 e. The second-order valence-corrected chi connectivity index (χ2v) is 6.96. The van der Waals surface area contributed by atoms with Crippen molar-refractivity contribution in [1.82, 2.24) is 9.80 Å². The van der Waals surface area contributed by atoms with Crippen LogP contribution < -0.4 is 9.47 Å². The lowest BCUT2D eigenvalue weighted by Crippen LogP contribution is -2.59. The number of ether oxygens (including phenoxy) is 3. The first-order valence-corrected chi connectivity index (χ1v) is 8.90. The molecule has 1 unspecified atom stereocenters. The molecule has 1 atom stereocenters. The standard InChI is InChI=1S/C19H28N2O4/c1-20-7-5-4-6-19(18(20)22)14-21(8-9-25-19)13-15-10-16(23-2)12-17(11-15)24-3/h10-12H,4-9,13-14H2,1-3H3. The van der Waals surface area contributed by atoms with Gasteiger partial charge in [-0.05, 0) is 37.0 Å². The fraction of sp³-hybridized carbons (Fsp3) is 0.632. The average Bonchev–Trinajstić information content (AvgIpc) is 2.75. The van der Waals surface area contributed by atoms with Crippen LogP contribution in [0.2, 0.25) is 0 Å². The van der Waals surface area contributed by atoms with Gasteiger partial charge in [0.05, 0.1) is 20.8 Å². The molecule has 0 N–H and O–H groups in total. The Morgan fingerprint density at radius 1 is 1.12 bits per heavy atom. The fourth-order valence-corrected chi connectivity index (χ4v) is 3.80. The molecule has 3 rings (SSSR count). The van der Waals surface area contributed by atoms with E-state index >= 15 is 0 Å². The molecule has 0 radical (unpaired) electrons. The van der Waals surface area contributed by atoms with Crippen molar-refractivity contribution in [2.75, 3.05) is 47.5 Å². The predicted molar refractivity (Wildman–Crippen MR) is 95.0 cm³/mol. The third-order valence-electron chi connectivity index (χ3n) is 5.14. The molecule has 6 heteroatoms. The number of likely N-dealkylation sites (tertiary alicyclic amines) is 1. The Kier molecular flexibility index (Phi) is 5.49. The number of rotatable bonds is 4. The van der Waals surface area contributed by atoms with Crippen LogP contribution in [0.25, 0.3) is 0 Å². The Morgan fingerprint density at radius 2 is 1.84 bits per heavy atom. The molecule has 2 fully saturated rings. The quantitative estimate of drug-likeness (QED) is 0.832. The molecule has 0 bridgehead atoms. The summed E-state index contributed by atoms with van der Waals surface area (Å²) in [6, 6.07) is 5.91. The first-order valence-electron chi connectivity index (χ1n) is 8.90. The van der Waals surface area contributed by atoms with Crippen LogP contribution in [0.1, 0.15) is 24.8 Å². The van der Waals surface area contributed by atoms with Crippen molar-refractivity contribution in [3.63, 3.8) is 0 Å². The van der Waals surface area contributed by atoms with Crippen LogP contribution in [0.5, 0.6) is 11.5 Å². The average molecular weight is 348 g/mol. The molecular weight excluding hydrogens is 320 g/mol. The van der Waals surface area contributed by atoms with E-state index in [-0.39, 0.29) is 5.91 Å². The maximum absolute atomic E-state index is 12.9. The molecule has 1 spiro atoms. The SMILES string of the molecule is COc1cc(CN2CCOC3(CCCCN(C)C3=O)C2)cc(OC)c1. The van der Waals surface area contributed by atoms with Gasteiger partial charge in [-0.3, -0.25) is 9.69 Å². The third-order valence-corrected chi connectivity index (χ3v) is 5.14. The van der Waals surface area contributed by atoms with E-state index in [2.05, 4.69) is 4.90 Å². The first-order chi connectivity index (χ1) is 12.1. The highest BCUT2D eigenvalue weighted by molar-refractivity contribution is 5.85. The number of morpholine rings is 1. The molecule has 2 heterocycles. The summed E-state index contributed by atoms with van der Waals surface area (Å²) in [4.78, 5) is 17.0. The van der Waals surface area contributed by atoms with Crippen molar-refractivity contribution in [2.45, 2.75) is 31.4 Å². The van der Waals surface area contributed by atoms with Gasteiger partial charge in [-0.2, -0.15) is 0 Å². The van der Waals surface area contributed by atoms with Crippen LogP contribution in [0.3, 0.4) is 0 Å². The van der Waals surface area contributed by atoms with Crippen LogP contribution in [0, 0.1) is 0 Å². The zero-order valence-corrected chi connectivity index (χ0v) is 15.4. The Balaban J connectivity index is 1.76. The van der Waals surface area contributed by atoms with Gasteiger partial charge in [0, 0.05) is 39.3 Å². The fourth-order valence-electron chi connectivity index (χ4n) is 3.80. The molecule has 6 nitrogen and oxygen atoms in total. The molecule has 2 saturated heterocycles. The highest BCUT2D eigenvalue weighted by atomic mass is 16.5. The summed E-state index contributed by atoms with van der Waals surface area (Å²) < 4.78 is 16.8. The molecule has 1 amide bonds. The number of hydrogen-bond acceptors (Lipinski definition) is 5. The van der Waals surface area contributed by atoms with Crippen LogP contribution >= 0.6 is 0 Å². The molecule has 0 saturated carbocycles. The van der Waals surface area contributed by atoms with E-state index in [9.17, 15) is 4.79 Å². The second kappa shape index (κ2) is 7.62. The predicted octanol–water partition coefficient (Wildman–Crippen LogP) is 1.92. The van der Waals surface area contributed by atoms with Gasteiger partial charge in [0.25, 0.3) is 5.91 Å². The van der Waals surface area contributed by atoms with Gasteiger partial charge in [-0.15, -0.1) is 0 Å². The van der Waals surface area contributed by atoms with Crippen LogP contribution in [0.4, 0.5) is 0 Å². The van der Waals surface area contributed by atoms with E-state index in [0.29, 0.717) is 13.2 Å². The summed E-state index contributed by atoms with van der Waals surface area (Å²) >= 11 is 0. The lowest BCUT2D eigenvalue weighted by atomic mass is 9.94. The molecule has 1 aromatic rings. The lowest BCUT2D eigenvalue weighted by Gasteiger charge is -2.42. The van der Waals surface area contributed by atoms with Crippen molar-refractivity contribution in [1.29, 1.82) is 0 Å². The number of amides is 1. The summed E-state index contributed by atoms with van der Waals surface area (Å²) in [7, 11) is 5.19. The normalized spacial score (nSPS) is 25.1. The van der Waals surface area contributed by atoms with E-state index < -0.39 is 5.60 Å². The van der Waals surface area contributed by atoms with E-state index in [1.807, 2.05) is 30.1 Å². The number of likely N-dealkylation sites (N-methyl/N-ethyl adjacent to an activating group) is 1. The Labute approximate surface area is 149 Å². The smallest absolute Gasteiger partial charge is 0.255 e. The number of carbonyl (C=O) groups is 1. The maximum atomic E-state index is 12.9. The number of methoxy groups -OCH3 is 2. The van der Waals surface area contributed by atoms with E-state index in [0.717, 1.165) is 56.0 Å². The van der Waals surface area contributed by atoms with Gasteiger partial charge < -0.3 is 19.1 Å². The zero-order valence-electron chi connectivity index (χ0n) is 15.4. The van der Waals surface area contributed by atoms with E-state index in [4.69, 9.17) is 14.2 Å². The molecular formula is C19H28N2O4. The molecule has 2 aliphatic rings. The summed E-state index contributed by atoms with van der Waals surface area (Å²) in [6.45, 7) is 3.60. The van der Waals surface area contributed by atoms with Crippen molar-refractivity contribution in [3.8, 4) is 11.5 Å². The van der Waals surface area contributed by atoms with Gasteiger partial charge >= 0.3 is 0 Å². The molecule has 0 aliphatic carbocycles. The summed E-state index contributed by atoms with van der Waals surface area (Å²) in [5, 5.41) is 0. The van der Waals surface area contributed by atoms with E-state index in [1.54, 1.807) is 14.2 Å². The van der Waals surface area contributed by atoms with Gasteiger partial charge in [0.2, 0.25) is 0 Å². The molecule has 0 aromatic heterocycles. The van der Waals surface area contributed by atoms with Crippen molar-refractivity contribution in [2.24, 2.45) is 0 Å². The number of nitrogens with zero attached hydrogens (tertiary/aromatic N) is 2. The molecule has 25 heavy (non-hydrogen) atoms. The van der Waals surface area contributed by atoms with Crippen LogP contribution in [-0.2, 0) is 16.1 Å². The Hall–Kier alpha value is -1.79. The second-order valence-electron chi connectivity index (χ2n) is 6.96. The summed E-state index contributed by atoms with van der Waals surface area (Å²) in [6.07, 6.45) is 2.87. The highest BCUT2D eigenvalue weighted by Gasteiger charge is 2.45. The Bertz CT molecular complexity index is 599. The first kappa shape index (κ1) is 18.0. The highest BCUT2D eigenvalue weighted by Crippen LogP contribution is 2.31. The molecule has 1 aromatic carbocycles. The summed E-state index contributed by atoms with van der Waals surface area (Å²) in [5.74, 6) is 1.68. The summed E-state index contributed by atoms with van der Waals surface area (Å²) in [5.41, 5.74) is 0.426. The van der Waals surface area contributed by atoms with Gasteiger partial charge in [0.15, 0.2) is 5.60 Å². The van der Waals surface area contributed by atoms with E-state index in [1.165, 1.54) is 0 Å². The van der Waals surface area contributed by atoms with Crippen LogP contribution in [0.15, 0.2) is 18.2 Å². The number of carbonyl (C=O) groups excluding carboxylic acids is 1. The monoisotopic (exact) mass is 348 g/mol. The minimum absolute atomic E-state index is 0.123. The lowest BCUT2D eigenvalue weighted by molar-refractivity contribution is -0.169. The van der Waals surface area contributed by atoms with Gasteiger partial charge in [-0.1, -0.05) is 0 Å². The minimum atomic E-state index is -0.688. The molecule has 138 valence electrons. The number of benzene rings is 1. The van der Waals surface area contributed by atoms with Crippen molar-refractivity contribution >= 4 is 5.91 Å². The van der Waals surface area contributed by atoms with Crippen molar-refractivity contribution in [3.05, 3.63) is 23.8 Å². The Morgan fingerprint density at radius 3 is 2.52 bits per heavy atom. The molecule has 2 aliphatic heterocycles. The van der Waals surface area contributed by atoms with Crippen molar-refractivity contribution < 1.29 is 19.0 Å². The van der Waals surface area contributed by atoms with Gasteiger partial charge in [-0.25, -0.2) is 0 Å². The third kappa shape index (κ3) is 3.90. The zero-order chi connectivity index (χ0) is 17.9. The van der Waals surface area contributed by atoms with Gasteiger partial charge in [0.1, 0.15) is 11.5 Å². The number of hydrogen-bond donors (Lipinski definition) is 0. The largest absolute Gasteiger partial charge is 0.497 e. The van der Waals surface area contributed by atoms with Crippen LogP contribution in [-0.4, -0.2) is 68.8 Å². The maximum Gasteiger partial charge on any atom is 0.255 e.